The van der Waals surface area contributed by atoms with Crippen molar-refractivity contribution in [2.45, 2.75) is 63.2 Å². The summed E-state index contributed by atoms with van der Waals surface area (Å²) in [7, 11) is -2.57. The fraction of sp³-hybridized carbons (Fsp3) is 0.455. The lowest BCUT2D eigenvalue weighted by atomic mass is 10.00. The summed E-state index contributed by atoms with van der Waals surface area (Å²) in [5.41, 5.74) is 7.05. The van der Waals surface area contributed by atoms with E-state index in [2.05, 4.69) is 10.3 Å². The molecular weight excluding hydrogens is 657 g/mol. The molecule has 3 atom stereocenters. The average Bonchev–Trinajstić information content (AvgIpc) is 3.63. The average molecular weight is 701 g/mol. The monoisotopic (exact) mass is 700 g/mol. The molecule has 260 valence electrons. The number of carbonyl (C=O) groups is 3. The molecule has 0 bridgehead atoms. The van der Waals surface area contributed by atoms with Crippen molar-refractivity contribution in [1.29, 1.82) is 0 Å². The van der Waals surface area contributed by atoms with Crippen molar-refractivity contribution >= 4 is 39.2 Å². The number of sulfonamides is 1. The summed E-state index contributed by atoms with van der Waals surface area (Å²) in [6.45, 7) is 6.15. The number of benzene rings is 2. The highest BCUT2D eigenvalue weighted by Gasteiger charge is 2.40. The van der Waals surface area contributed by atoms with Crippen LogP contribution in [0.15, 0.2) is 64.9 Å². The lowest BCUT2D eigenvalue weighted by molar-refractivity contribution is -0.130. The van der Waals surface area contributed by atoms with Gasteiger partial charge < -0.3 is 30.7 Å². The molecule has 1 aliphatic heterocycles. The number of nitrogens with zero attached hydrogens (tertiary/aromatic N) is 4. The van der Waals surface area contributed by atoms with Crippen molar-refractivity contribution in [3.05, 3.63) is 76.2 Å². The van der Waals surface area contributed by atoms with Crippen molar-refractivity contribution < 1.29 is 32.6 Å². The highest BCUT2D eigenvalue weighted by atomic mass is 32.2. The minimum absolute atomic E-state index is 0.0335. The molecule has 0 spiro atoms. The molecule has 1 fully saturated rings. The number of aliphatic hydroxyl groups is 1. The molecule has 1 saturated heterocycles. The second-order valence-electron chi connectivity index (χ2n) is 12.2. The summed E-state index contributed by atoms with van der Waals surface area (Å²) in [6.07, 6.45) is -1.65. The maximum Gasteiger partial charge on any atom is 0.321 e. The normalized spacial score (nSPS) is 15.5. The van der Waals surface area contributed by atoms with Gasteiger partial charge in [0.2, 0.25) is 21.8 Å². The van der Waals surface area contributed by atoms with Gasteiger partial charge in [-0.05, 0) is 49.1 Å². The smallest absolute Gasteiger partial charge is 0.321 e. The number of primary amides is 1. The molecule has 4 amide bonds. The molecule has 15 heteroatoms. The number of aliphatic hydroxyl groups excluding tert-OH is 1. The van der Waals surface area contributed by atoms with Crippen LogP contribution in [0.1, 0.15) is 36.5 Å². The molecule has 1 aromatic heterocycles. The largest absolute Gasteiger partial charge is 0.497 e. The predicted molar refractivity (Wildman–Crippen MR) is 182 cm³/mol. The first-order valence-electron chi connectivity index (χ1n) is 15.7. The first-order chi connectivity index (χ1) is 22.8. The lowest BCUT2D eigenvalue weighted by Gasteiger charge is -2.33. The summed E-state index contributed by atoms with van der Waals surface area (Å²) in [5.74, 6) is -1.03. The number of thiazole rings is 1. The van der Waals surface area contributed by atoms with Gasteiger partial charge in [-0.15, -0.1) is 11.3 Å². The number of ether oxygens (including phenoxy) is 1. The molecular formula is C33H44N6O7S2. The van der Waals surface area contributed by atoms with Crippen LogP contribution in [0.2, 0.25) is 0 Å². The molecule has 2 aromatic carbocycles. The molecule has 0 radical (unpaired) electrons. The van der Waals surface area contributed by atoms with Crippen LogP contribution in [0.4, 0.5) is 4.79 Å². The molecule has 2 heterocycles. The maximum atomic E-state index is 13.9. The number of carbonyl (C=O) groups excluding carboxylic acids is 3. The van der Waals surface area contributed by atoms with Crippen LogP contribution in [-0.4, -0.2) is 102 Å². The third kappa shape index (κ3) is 9.52. The molecule has 48 heavy (non-hydrogen) atoms. The van der Waals surface area contributed by atoms with Gasteiger partial charge in [0.05, 0.1) is 47.8 Å². The number of nitrogens with one attached hydrogen (secondary N) is 1. The Balaban J connectivity index is 1.58. The molecule has 0 unspecified atom stereocenters. The van der Waals surface area contributed by atoms with E-state index >= 15 is 0 Å². The van der Waals surface area contributed by atoms with Gasteiger partial charge in [0.15, 0.2) is 0 Å². The minimum atomic E-state index is -4.05. The predicted octanol–water partition coefficient (Wildman–Crippen LogP) is 2.38. The summed E-state index contributed by atoms with van der Waals surface area (Å²) >= 11 is 1.47. The van der Waals surface area contributed by atoms with Gasteiger partial charge in [0.25, 0.3) is 0 Å². The standard InChI is InChI=1S/C33H44N6O7S2/c1-22(2)18-38(48(44,45)27-12-10-26(46-4)11-13-27)20-30(40)28(16-24-8-6-5-7-9-24)36-32(42)29(17-31(34)41)39-15-14-37(33(39)43)19-25-21-47-23(3)35-25/h5-13,21-22,28-30,40H,14-20H2,1-4H3,(H2,34,41)(H,36,42)/t28-,29-,30+/m0/s1. The molecule has 4 N–H and O–H groups in total. The number of hydrogen-bond donors (Lipinski definition) is 3. The molecule has 0 aliphatic carbocycles. The number of urea groups is 1. The number of rotatable bonds is 17. The van der Waals surface area contributed by atoms with Crippen LogP contribution in [0.3, 0.4) is 0 Å². The van der Waals surface area contributed by atoms with Gasteiger partial charge in [-0.25, -0.2) is 18.2 Å². The van der Waals surface area contributed by atoms with Gasteiger partial charge in [0.1, 0.15) is 11.8 Å². The topological polar surface area (TPSA) is 175 Å². The second-order valence-corrected chi connectivity index (χ2v) is 15.2. The minimum Gasteiger partial charge on any atom is -0.497 e. The third-order valence-electron chi connectivity index (χ3n) is 7.97. The molecule has 0 saturated carbocycles. The summed E-state index contributed by atoms with van der Waals surface area (Å²) in [4.78, 5) is 46.8. The van der Waals surface area contributed by atoms with E-state index in [1.165, 1.54) is 39.8 Å². The Labute approximate surface area is 285 Å². The van der Waals surface area contributed by atoms with Gasteiger partial charge in [0, 0.05) is 31.6 Å². The van der Waals surface area contributed by atoms with Crippen molar-refractivity contribution in [2.24, 2.45) is 11.7 Å². The van der Waals surface area contributed by atoms with Crippen LogP contribution in [0, 0.1) is 12.8 Å². The van der Waals surface area contributed by atoms with Crippen molar-refractivity contribution in [3.63, 3.8) is 0 Å². The van der Waals surface area contributed by atoms with E-state index in [1.807, 2.05) is 56.5 Å². The Bertz CT molecular complexity index is 1650. The summed E-state index contributed by atoms with van der Waals surface area (Å²) in [5, 5.41) is 17.2. The van der Waals surface area contributed by atoms with E-state index in [1.54, 1.807) is 17.0 Å². The van der Waals surface area contributed by atoms with Gasteiger partial charge in [-0.3, -0.25) is 9.59 Å². The SMILES string of the molecule is COc1ccc(S(=O)(=O)N(CC(C)C)C[C@@H](O)[C@H](Cc2ccccc2)NC(=O)[C@H](CC(N)=O)N2CCN(Cc3csc(C)n3)C2=O)cc1. The van der Waals surface area contributed by atoms with Crippen LogP contribution in [0.25, 0.3) is 0 Å². The van der Waals surface area contributed by atoms with Gasteiger partial charge in [-0.1, -0.05) is 44.2 Å². The Morgan fingerprint density at radius 2 is 1.79 bits per heavy atom. The van der Waals surface area contributed by atoms with Gasteiger partial charge in [-0.2, -0.15) is 4.31 Å². The quantitative estimate of drug-likeness (QED) is 0.192. The van der Waals surface area contributed by atoms with E-state index < -0.39 is 52.5 Å². The first kappa shape index (κ1) is 36.8. The fourth-order valence-corrected chi connectivity index (χ4v) is 7.81. The Kier molecular flexibility index (Phi) is 12.5. The highest BCUT2D eigenvalue weighted by molar-refractivity contribution is 7.89. The number of aromatic nitrogens is 1. The van der Waals surface area contributed by atoms with Crippen molar-refractivity contribution in [1.82, 2.24) is 24.4 Å². The van der Waals surface area contributed by atoms with Gasteiger partial charge >= 0.3 is 6.03 Å². The molecule has 1 aliphatic rings. The van der Waals surface area contributed by atoms with E-state index in [4.69, 9.17) is 10.5 Å². The van der Waals surface area contributed by atoms with Crippen molar-refractivity contribution in [2.75, 3.05) is 33.3 Å². The van der Waals surface area contributed by atoms with E-state index in [0.717, 1.165) is 16.3 Å². The molecule has 13 nitrogen and oxygen atoms in total. The summed E-state index contributed by atoms with van der Waals surface area (Å²) < 4.78 is 34.0. The lowest BCUT2D eigenvalue weighted by Crippen LogP contribution is -2.56. The Morgan fingerprint density at radius 1 is 1.10 bits per heavy atom. The number of amides is 4. The number of methoxy groups -OCH3 is 1. The van der Waals surface area contributed by atoms with Crippen molar-refractivity contribution in [3.8, 4) is 5.75 Å². The van der Waals surface area contributed by atoms with E-state index in [0.29, 0.717) is 12.3 Å². The third-order valence-corrected chi connectivity index (χ3v) is 10.6. The zero-order valence-corrected chi connectivity index (χ0v) is 29.2. The van der Waals surface area contributed by atoms with E-state index in [-0.39, 0.29) is 43.4 Å². The summed E-state index contributed by atoms with van der Waals surface area (Å²) in [6, 6.07) is 12.4. The Morgan fingerprint density at radius 3 is 2.38 bits per heavy atom. The number of hydrogen-bond acceptors (Lipinski definition) is 9. The zero-order chi connectivity index (χ0) is 35.0. The number of nitrogens with two attached hydrogens (primary N) is 1. The Hall–Kier alpha value is -4.05. The van der Waals surface area contributed by atoms with E-state index in [9.17, 15) is 27.9 Å². The second kappa shape index (κ2) is 16.4. The highest BCUT2D eigenvalue weighted by Crippen LogP contribution is 2.23. The zero-order valence-electron chi connectivity index (χ0n) is 27.6. The van der Waals surface area contributed by atoms with Crippen LogP contribution >= 0.6 is 11.3 Å². The van der Waals surface area contributed by atoms with Crippen LogP contribution < -0.4 is 15.8 Å². The molecule has 4 rings (SSSR count). The first-order valence-corrected chi connectivity index (χ1v) is 18.0. The maximum absolute atomic E-state index is 13.9. The number of aryl methyl sites for hydroxylation is 1. The van der Waals surface area contributed by atoms with Crippen LogP contribution in [-0.2, 0) is 32.6 Å². The molecule has 3 aromatic rings. The van der Waals surface area contributed by atoms with Crippen LogP contribution in [0.5, 0.6) is 5.75 Å². The fourth-order valence-electron chi connectivity index (χ4n) is 5.59.